The molecule has 1 N–H and O–H groups in total. The molecule has 2 aromatic rings. The third-order valence-corrected chi connectivity index (χ3v) is 4.67. The first-order chi connectivity index (χ1) is 12.6. The number of anilines is 2. The first-order valence-corrected chi connectivity index (χ1v) is 8.47. The van der Waals surface area contributed by atoms with E-state index in [4.69, 9.17) is 4.74 Å². The lowest BCUT2D eigenvalue weighted by Gasteiger charge is -2.32. The quantitative estimate of drug-likeness (QED) is 0.850. The second kappa shape index (κ2) is 6.67. The monoisotopic (exact) mass is 355 g/mol. The number of halogens is 1. The molecule has 6 nitrogen and oxygen atoms in total. The fraction of sp³-hybridized carbons (Fsp3) is 0.263. The average molecular weight is 355 g/mol. The largest absolute Gasteiger partial charge is 0.447 e. The number of fused-ring (bicyclic) bond motifs is 3. The fourth-order valence-corrected chi connectivity index (χ4v) is 3.35. The van der Waals surface area contributed by atoms with Crippen molar-refractivity contribution >= 4 is 23.5 Å². The molecule has 0 aromatic heterocycles. The maximum Gasteiger partial charge on any atom is 0.414 e. The molecule has 0 bridgehead atoms. The second-order valence-electron chi connectivity index (χ2n) is 6.38. The number of nitrogens with one attached hydrogen (secondary N) is 1. The van der Waals surface area contributed by atoms with E-state index in [1.165, 1.54) is 17.0 Å². The van der Waals surface area contributed by atoms with Gasteiger partial charge in [-0.1, -0.05) is 24.3 Å². The van der Waals surface area contributed by atoms with Gasteiger partial charge in [-0.15, -0.1) is 0 Å². The van der Waals surface area contributed by atoms with Crippen LogP contribution in [-0.2, 0) is 11.3 Å². The average Bonchev–Trinajstić information content (AvgIpc) is 2.98. The Hall–Kier alpha value is -3.09. The minimum absolute atomic E-state index is 0.213. The van der Waals surface area contributed by atoms with E-state index in [0.29, 0.717) is 29.9 Å². The Kier molecular flexibility index (Phi) is 4.20. The highest BCUT2D eigenvalue weighted by molar-refractivity contribution is 5.92. The van der Waals surface area contributed by atoms with Crippen molar-refractivity contribution < 1.29 is 18.7 Å². The van der Waals surface area contributed by atoms with Crippen LogP contribution in [0.25, 0.3) is 0 Å². The Balaban J connectivity index is 1.63. The lowest BCUT2D eigenvalue weighted by Crippen LogP contribution is -2.43. The van der Waals surface area contributed by atoms with Gasteiger partial charge in [0.05, 0.1) is 11.7 Å². The number of rotatable bonds is 1. The van der Waals surface area contributed by atoms with Crippen LogP contribution in [0.5, 0.6) is 0 Å². The molecule has 1 saturated heterocycles. The summed E-state index contributed by atoms with van der Waals surface area (Å²) in [7, 11) is 0. The number of amides is 3. The maximum absolute atomic E-state index is 13.8. The zero-order chi connectivity index (χ0) is 18.1. The first-order valence-electron chi connectivity index (χ1n) is 8.47. The number of urea groups is 1. The molecule has 7 heteroatoms. The molecular weight excluding hydrogens is 337 g/mol. The highest BCUT2D eigenvalue weighted by Crippen LogP contribution is 2.32. The molecule has 1 unspecified atom stereocenters. The maximum atomic E-state index is 13.8. The Bertz CT molecular complexity index is 843. The predicted molar refractivity (Wildman–Crippen MR) is 94.5 cm³/mol. The molecule has 1 atom stereocenters. The summed E-state index contributed by atoms with van der Waals surface area (Å²) in [5.74, 6) is -0.428. The number of carbonyl (C=O) groups excluding carboxylic acids is 2. The van der Waals surface area contributed by atoms with Crippen LogP contribution in [-0.4, -0.2) is 36.2 Å². The van der Waals surface area contributed by atoms with Crippen molar-refractivity contribution in [3.63, 3.8) is 0 Å². The Morgan fingerprint density at radius 1 is 1.19 bits per heavy atom. The molecule has 4 rings (SSSR count). The third-order valence-electron chi connectivity index (χ3n) is 4.67. The van der Waals surface area contributed by atoms with Crippen LogP contribution in [0, 0.1) is 5.82 Å². The Labute approximate surface area is 150 Å². The predicted octanol–water partition coefficient (Wildman–Crippen LogP) is 3.59. The molecule has 26 heavy (non-hydrogen) atoms. The van der Waals surface area contributed by atoms with Crippen LogP contribution < -0.4 is 10.2 Å². The lowest BCUT2D eigenvalue weighted by molar-refractivity contribution is 0.177. The van der Waals surface area contributed by atoms with Crippen LogP contribution in [0.3, 0.4) is 0 Å². The normalized spacial score (nSPS) is 19.1. The highest BCUT2D eigenvalue weighted by Gasteiger charge is 2.37. The molecule has 2 aliphatic rings. The number of ether oxygens (including phenoxy) is 1. The van der Waals surface area contributed by atoms with Crippen molar-refractivity contribution in [2.24, 2.45) is 0 Å². The summed E-state index contributed by atoms with van der Waals surface area (Å²) in [6.07, 6.45) is 0.0909. The number of carbonyl (C=O) groups is 2. The van der Waals surface area contributed by atoms with E-state index in [1.807, 2.05) is 30.3 Å². The minimum Gasteiger partial charge on any atom is -0.447 e. The van der Waals surface area contributed by atoms with Crippen LogP contribution in [0.15, 0.2) is 48.5 Å². The standard InChI is InChI=1S/C19H18FN3O3/c20-14-7-6-13-11-22(18(24)21-15-4-2-1-3-5-15)9-8-16-12-26-19(25)23(16)17(13)10-14/h1-7,10,16H,8-9,11-12H2,(H,21,24). The van der Waals surface area contributed by atoms with Gasteiger partial charge in [0.25, 0.3) is 0 Å². The molecule has 134 valence electrons. The number of hydrogen-bond donors (Lipinski definition) is 1. The van der Waals surface area contributed by atoms with Gasteiger partial charge in [-0.3, -0.25) is 4.90 Å². The van der Waals surface area contributed by atoms with Gasteiger partial charge in [0.1, 0.15) is 12.4 Å². The molecular formula is C19H18FN3O3. The van der Waals surface area contributed by atoms with Gasteiger partial charge in [-0.05, 0) is 36.2 Å². The molecule has 0 spiro atoms. The van der Waals surface area contributed by atoms with Gasteiger partial charge in [0.15, 0.2) is 0 Å². The van der Waals surface area contributed by atoms with Crippen LogP contribution in [0.1, 0.15) is 12.0 Å². The Morgan fingerprint density at radius 2 is 2.00 bits per heavy atom. The number of cyclic esters (lactones) is 1. The molecule has 3 amide bonds. The van der Waals surface area contributed by atoms with E-state index in [1.54, 1.807) is 11.0 Å². The van der Waals surface area contributed by atoms with Crippen LogP contribution in [0.4, 0.5) is 25.4 Å². The van der Waals surface area contributed by atoms with Gasteiger partial charge in [-0.2, -0.15) is 0 Å². The smallest absolute Gasteiger partial charge is 0.414 e. The summed E-state index contributed by atoms with van der Waals surface area (Å²) in [5, 5.41) is 2.87. The zero-order valence-electron chi connectivity index (χ0n) is 14.0. The van der Waals surface area contributed by atoms with Crippen molar-refractivity contribution in [3.05, 3.63) is 59.9 Å². The lowest BCUT2D eigenvalue weighted by atomic mass is 10.1. The summed E-state index contributed by atoms with van der Waals surface area (Å²) in [6, 6.07) is 13.0. The fourth-order valence-electron chi connectivity index (χ4n) is 3.35. The van der Waals surface area contributed by atoms with Crippen LogP contribution >= 0.6 is 0 Å². The Morgan fingerprint density at radius 3 is 2.81 bits per heavy atom. The zero-order valence-corrected chi connectivity index (χ0v) is 14.0. The van der Waals surface area contributed by atoms with Crippen molar-refractivity contribution in [3.8, 4) is 0 Å². The molecule has 0 saturated carbocycles. The summed E-state index contributed by atoms with van der Waals surface area (Å²) >= 11 is 0. The van der Waals surface area contributed by atoms with Crippen molar-refractivity contribution in [2.75, 3.05) is 23.4 Å². The summed E-state index contributed by atoms with van der Waals surface area (Å²) in [6.45, 7) is 0.987. The van der Waals surface area contributed by atoms with E-state index < -0.39 is 11.9 Å². The molecule has 1 fully saturated rings. The molecule has 2 aromatic carbocycles. The SMILES string of the molecule is O=C(Nc1ccccc1)N1CCC2COC(=O)N2c2cc(F)ccc2C1. The van der Waals surface area contributed by atoms with Crippen molar-refractivity contribution in [2.45, 2.75) is 19.0 Å². The molecule has 2 heterocycles. The second-order valence-corrected chi connectivity index (χ2v) is 6.38. The van der Waals surface area contributed by atoms with E-state index in [2.05, 4.69) is 5.32 Å². The first kappa shape index (κ1) is 16.4. The minimum atomic E-state index is -0.468. The van der Waals surface area contributed by atoms with Crippen molar-refractivity contribution in [1.82, 2.24) is 4.90 Å². The molecule has 0 aliphatic carbocycles. The number of nitrogens with zero attached hydrogens (tertiary/aromatic N) is 2. The number of hydrogen-bond acceptors (Lipinski definition) is 3. The summed E-state index contributed by atoms with van der Waals surface area (Å²) in [5.41, 5.74) is 1.88. The molecule has 2 aliphatic heterocycles. The van der Waals surface area contributed by atoms with Crippen molar-refractivity contribution in [1.29, 1.82) is 0 Å². The van der Waals surface area contributed by atoms with E-state index in [0.717, 1.165) is 0 Å². The van der Waals surface area contributed by atoms with Gasteiger partial charge in [-0.25, -0.2) is 14.0 Å². The van der Waals surface area contributed by atoms with E-state index in [-0.39, 0.29) is 25.2 Å². The van der Waals surface area contributed by atoms with Gasteiger partial charge in [0, 0.05) is 18.8 Å². The highest BCUT2D eigenvalue weighted by atomic mass is 19.1. The number of para-hydroxylation sites is 1. The summed E-state index contributed by atoms with van der Waals surface area (Å²) in [4.78, 5) is 28.0. The third kappa shape index (κ3) is 3.08. The van der Waals surface area contributed by atoms with Crippen LogP contribution in [0.2, 0.25) is 0 Å². The van der Waals surface area contributed by atoms with E-state index in [9.17, 15) is 14.0 Å². The summed E-state index contributed by atoms with van der Waals surface area (Å²) < 4.78 is 18.9. The molecule has 0 radical (unpaired) electrons. The number of benzene rings is 2. The van der Waals surface area contributed by atoms with E-state index >= 15 is 0 Å². The van der Waals surface area contributed by atoms with Gasteiger partial charge < -0.3 is 15.0 Å². The topological polar surface area (TPSA) is 61.9 Å². The van der Waals surface area contributed by atoms with Gasteiger partial charge in [0.2, 0.25) is 0 Å². The van der Waals surface area contributed by atoms with Gasteiger partial charge >= 0.3 is 12.1 Å².